The van der Waals surface area contributed by atoms with Gasteiger partial charge in [0, 0.05) is 41.1 Å². The van der Waals surface area contributed by atoms with E-state index >= 15 is 0 Å². The van der Waals surface area contributed by atoms with Crippen molar-refractivity contribution in [3.8, 4) is 5.75 Å². The molecule has 0 fully saturated rings. The van der Waals surface area contributed by atoms with E-state index in [9.17, 15) is 13.2 Å². The van der Waals surface area contributed by atoms with Gasteiger partial charge in [0.15, 0.2) is 21.5 Å². The number of hydrogen-bond acceptors (Lipinski definition) is 7. The maximum atomic E-state index is 14.3. The summed E-state index contributed by atoms with van der Waals surface area (Å²) in [5, 5.41) is 12.6. The molecule has 1 aliphatic rings. The average molecular weight is 712 g/mol. The second kappa shape index (κ2) is 14.6. The SMILES string of the molecule is O=C(NCc1ccc(Cl)cc1)[C@]1(CCS(=O)(=O)c2ccccc2)N=C(c2ccc(OCCCO)cc2)O[C@@H]1c1ccc(Br)cc1. The Labute approximate surface area is 276 Å². The number of carbonyl (C=O) groups excluding carboxylic acids is 1. The molecule has 1 heterocycles. The smallest absolute Gasteiger partial charge is 0.252 e. The van der Waals surface area contributed by atoms with Crippen molar-refractivity contribution in [2.24, 2.45) is 4.99 Å². The van der Waals surface area contributed by atoms with Crippen molar-refractivity contribution < 1.29 is 27.8 Å². The van der Waals surface area contributed by atoms with Gasteiger partial charge >= 0.3 is 0 Å². The highest BCUT2D eigenvalue weighted by Crippen LogP contribution is 2.43. The Balaban J connectivity index is 1.54. The van der Waals surface area contributed by atoms with Crippen molar-refractivity contribution in [1.82, 2.24) is 5.32 Å². The van der Waals surface area contributed by atoms with Crippen LogP contribution in [0.1, 0.15) is 35.6 Å². The van der Waals surface area contributed by atoms with E-state index in [0.717, 1.165) is 10.0 Å². The van der Waals surface area contributed by atoms with Crippen LogP contribution in [0.15, 0.2) is 117 Å². The first-order valence-corrected chi connectivity index (χ1v) is 17.2. The molecule has 2 atom stereocenters. The Morgan fingerprint density at radius 1 is 0.978 bits per heavy atom. The number of rotatable bonds is 13. The number of halogens is 2. The van der Waals surface area contributed by atoms with Crippen LogP contribution in [0.4, 0.5) is 0 Å². The molecule has 234 valence electrons. The molecule has 0 bridgehead atoms. The van der Waals surface area contributed by atoms with Crippen LogP contribution < -0.4 is 10.1 Å². The molecule has 0 spiro atoms. The predicted molar refractivity (Wildman–Crippen MR) is 177 cm³/mol. The molecular weight excluding hydrogens is 680 g/mol. The van der Waals surface area contributed by atoms with E-state index in [2.05, 4.69) is 21.2 Å². The predicted octanol–water partition coefficient (Wildman–Crippen LogP) is 6.30. The van der Waals surface area contributed by atoms with Crippen molar-refractivity contribution in [3.05, 3.63) is 129 Å². The highest BCUT2D eigenvalue weighted by Gasteiger charge is 2.53. The molecule has 1 amide bonds. The van der Waals surface area contributed by atoms with Gasteiger partial charge in [-0.1, -0.05) is 70.0 Å². The number of aliphatic imine (C=N–C) groups is 1. The van der Waals surface area contributed by atoms with E-state index in [4.69, 9.17) is 31.2 Å². The second-order valence-electron chi connectivity index (χ2n) is 10.5. The zero-order valence-electron chi connectivity index (χ0n) is 24.2. The molecular formula is C34H32BrClN2O6S. The van der Waals surface area contributed by atoms with Crippen LogP contribution in [-0.4, -0.2) is 49.8 Å². The summed E-state index contributed by atoms with van der Waals surface area (Å²) in [6.45, 7) is 0.578. The molecule has 0 aliphatic carbocycles. The van der Waals surface area contributed by atoms with Crippen molar-refractivity contribution in [3.63, 3.8) is 0 Å². The van der Waals surface area contributed by atoms with Crippen LogP contribution in [-0.2, 0) is 25.9 Å². The average Bonchev–Trinajstić information content (AvgIpc) is 3.45. The number of nitrogens with one attached hydrogen (secondary N) is 1. The van der Waals surface area contributed by atoms with E-state index in [1.807, 2.05) is 36.4 Å². The molecule has 4 aromatic rings. The molecule has 11 heteroatoms. The molecule has 8 nitrogen and oxygen atoms in total. The van der Waals surface area contributed by atoms with Crippen LogP contribution in [0.5, 0.6) is 5.75 Å². The normalized spacial score (nSPS) is 17.8. The van der Waals surface area contributed by atoms with Gasteiger partial charge in [0.1, 0.15) is 5.75 Å². The minimum absolute atomic E-state index is 0.0301. The number of benzene rings is 4. The largest absolute Gasteiger partial charge is 0.494 e. The lowest BCUT2D eigenvalue weighted by Crippen LogP contribution is -2.49. The quantitative estimate of drug-likeness (QED) is 0.158. The molecule has 0 aromatic heterocycles. The summed E-state index contributed by atoms with van der Waals surface area (Å²) in [7, 11) is -3.76. The first kappa shape index (κ1) is 32.7. The van der Waals surface area contributed by atoms with Gasteiger partial charge in [-0.2, -0.15) is 0 Å². The molecule has 0 saturated heterocycles. The van der Waals surface area contributed by atoms with Gasteiger partial charge in [-0.05, 0) is 71.8 Å². The summed E-state index contributed by atoms with van der Waals surface area (Å²) >= 11 is 9.51. The van der Waals surface area contributed by atoms with E-state index in [0.29, 0.717) is 34.9 Å². The number of nitrogens with zero attached hydrogens (tertiary/aromatic N) is 1. The van der Waals surface area contributed by atoms with Crippen molar-refractivity contribution in [2.45, 2.75) is 35.9 Å². The van der Waals surface area contributed by atoms with Gasteiger partial charge < -0.3 is 19.9 Å². The van der Waals surface area contributed by atoms with Crippen molar-refractivity contribution in [2.75, 3.05) is 19.0 Å². The minimum Gasteiger partial charge on any atom is -0.494 e. The van der Waals surface area contributed by atoms with Gasteiger partial charge in [-0.25, -0.2) is 13.4 Å². The minimum atomic E-state index is -3.76. The lowest BCUT2D eigenvalue weighted by atomic mass is 9.85. The first-order valence-electron chi connectivity index (χ1n) is 14.4. The van der Waals surface area contributed by atoms with Crippen LogP contribution >= 0.6 is 27.5 Å². The molecule has 45 heavy (non-hydrogen) atoms. The third kappa shape index (κ3) is 7.94. The van der Waals surface area contributed by atoms with E-state index < -0.39 is 27.4 Å². The topological polar surface area (TPSA) is 114 Å². The van der Waals surface area contributed by atoms with Crippen molar-refractivity contribution >= 4 is 49.2 Å². The number of hydrogen-bond donors (Lipinski definition) is 2. The third-order valence-electron chi connectivity index (χ3n) is 7.42. The first-order chi connectivity index (χ1) is 21.7. The molecule has 5 rings (SSSR count). The van der Waals surface area contributed by atoms with Gasteiger partial charge in [0.2, 0.25) is 5.90 Å². The number of aliphatic hydroxyl groups excluding tert-OH is 1. The Bertz CT molecular complexity index is 1730. The number of carbonyl (C=O) groups is 1. The third-order valence-corrected chi connectivity index (χ3v) is 9.94. The zero-order valence-corrected chi connectivity index (χ0v) is 27.4. The number of aliphatic hydroxyl groups is 1. The zero-order chi connectivity index (χ0) is 31.9. The van der Waals surface area contributed by atoms with Gasteiger partial charge in [-0.15, -0.1) is 0 Å². The Morgan fingerprint density at radius 3 is 2.33 bits per heavy atom. The van der Waals surface area contributed by atoms with E-state index in [-0.39, 0.29) is 36.1 Å². The number of sulfone groups is 1. The summed E-state index contributed by atoms with van der Waals surface area (Å²) in [5.41, 5.74) is 0.470. The van der Waals surface area contributed by atoms with Crippen LogP contribution in [0.25, 0.3) is 0 Å². The van der Waals surface area contributed by atoms with Crippen LogP contribution in [0, 0.1) is 0 Å². The number of amides is 1. The fraction of sp³-hybridized carbons (Fsp3) is 0.235. The highest BCUT2D eigenvalue weighted by atomic mass is 79.9. The molecule has 2 N–H and O–H groups in total. The van der Waals surface area contributed by atoms with Gasteiger partial charge in [-0.3, -0.25) is 4.79 Å². The number of ether oxygens (including phenoxy) is 2. The van der Waals surface area contributed by atoms with E-state index in [1.165, 1.54) is 0 Å². The van der Waals surface area contributed by atoms with Crippen molar-refractivity contribution in [1.29, 1.82) is 0 Å². The van der Waals surface area contributed by atoms with Gasteiger partial charge in [0.05, 0.1) is 17.3 Å². The lowest BCUT2D eigenvalue weighted by molar-refractivity contribution is -0.129. The Hall–Kier alpha value is -3.70. The summed E-state index contributed by atoms with van der Waals surface area (Å²) in [6, 6.07) is 29.7. The lowest BCUT2D eigenvalue weighted by Gasteiger charge is -2.30. The second-order valence-corrected chi connectivity index (χ2v) is 14.0. The monoisotopic (exact) mass is 710 g/mol. The summed E-state index contributed by atoms with van der Waals surface area (Å²) < 4.78 is 39.9. The van der Waals surface area contributed by atoms with E-state index in [1.54, 1.807) is 66.7 Å². The molecule has 0 radical (unpaired) electrons. The summed E-state index contributed by atoms with van der Waals surface area (Å²) in [6.07, 6.45) is -0.549. The fourth-order valence-corrected chi connectivity index (χ4v) is 6.76. The Morgan fingerprint density at radius 2 is 1.67 bits per heavy atom. The highest BCUT2D eigenvalue weighted by molar-refractivity contribution is 9.10. The summed E-state index contributed by atoms with van der Waals surface area (Å²) in [4.78, 5) is 19.4. The maximum absolute atomic E-state index is 14.3. The molecule has 0 saturated carbocycles. The van der Waals surface area contributed by atoms with Crippen LogP contribution in [0.2, 0.25) is 5.02 Å². The molecule has 4 aromatic carbocycles. The maximum Gasteiger partial charge on any atom is 0.252 e. The molecule has 0 unspecified atom stereocenters. The van der Waals surface area contributed by atoms with Gasteiger partial charge in [0.25, 0.3) is 5.91 Å². The van der Waals surface area contributed by atoms with Crippen LogP contribution in [0.3, 0.4) is 0 Å². The standard InChI is InChI=1S/C34H32BrClN2O6S/c35-27-13-9-25(10-14-27)31-34(19-22-45(41,42)30-5-2-1-3-6-30,33(40)37-23-24-7-15-28(36)16-8-24)38-32(44-31)26-11-17-29(18-12-26)43-21-4-20-39/h1-3,5-18,31,39H,4,19-23H2,(H,37,40)/t31-,34-/m1/s1. The fourth-order valence-electron chi connectivity index (χ4n) is 4.98. The molecule has 1 aliphatic heterocycles. The summed E-state index contributed by atoms with van der Waals surface area (Å²) in [5.74, 6) is 0.0169. The Kier molecular flexibility index (Phi) is 10.6.